The fourth-order valence-electron chi connectivity index (χ4n) is 4.70. The molecule has 0 bridgehead atoms. The zero-order valence-electron chi connectivity index (χ0n) is 16.6. The number of amides is 1. The average molecular weight is 421 g/mol. The maximum absolute atomic E-state index is 12.8. The Labute approximate surface area is 181 Å². The molecule has 0 unspecified atom stereocenters. The van der Waals surface area contributed by atoms with E-state index in [4.69, 9.17) is 4.74 Å². The topological polar surface area (TPSA) is 60.2 Å². The predicted molar refractivity (Wildman–Crippen MR) is 118 cm³/mol. The second-order valence-electron chi connectivity index (χ2n) is 8.01. The fraction of sp³-hybridized carbons (Fsp3) is 0.348. The van der Waals surface area contributed by atoms with Crippen molar-refractivity contribution in [2.75, 3.05) is 25.4 Å². The number of fused-ring (bicyclic) bond motifs is 3. The molecule has 1 saturated heterocycles. The number of ether oxygens (including phenoxy) is 1. The van der Waals surface area contributed by atoms with Crippen molar-refractivity contribution in [3.05, 3.63) is 72.3 Å². The highest BCUT2D eigenvalue weighted by Crippen LogP contribution is 2.44. The van der Waals surface area contributed by atoms with E-state index in [-0.39, 0.29) is 17.6 Å². The van der Waals surface area contributed by atoms with E-state index in [2.05, 4.69) is 59.1 Å². The summed E-state index contributed by atoms with van der Waals surface area (Å²) in [4.78, 5) is 18.7. The van der Waals surface area contributed by atoms with Crippen LogP contribution in [0.5, 0.6) is 0 Å². The lowest BCUT2D eigenvalue weighted by atomic mass is 9.90. The Morgan fingerprint density at radius 3 is 2.27 bits per heavy atom. The van der Waals surface area contributed by atoms with Crippen molar-refractivity contribution < 1.29 is 9.53 Å². The van der Waals surface area contributed by atoms with Gasteiger partial charge in [-0.25, -0.2) is 14.5 Å². The molecule has 1 fully saturated rings. The summed E-state index contributed by atoms with van der Waals surface area (Å²) in [6, 6.07) is 16.8. The first-order valence-corrected chi connectivity index (χ1v) is 10.9. The maximum Gasteiger partial charge on any atom is 0.409 e. The van der Waals surface area contributed by atoms with Crippen molar-refractivity contribution in [1.29, 1.82) is 0 Å². The van der Waals surface area contributed by atoms with Gasteiger partial charge in [-0.05, 0) is 35.1 Å². The van der Waals surface area contributed by atoms with Crippen LogP contribution in [0.15, 0.2) is 61.2 Å². The summed E-state index contributed by atoms with van der Waals surface area (Å²) in [6.07, 6.45) is 4.60. The van der Waals surface area contributed by atoms with Gasteiger partial charge in [0.1, 0.15) is 19.3 Å². The summed E-state index contributed by atoms with van der Waals surface area (Å²) < 4.78 is 7.69. The van der Waals surface area contributed by atoms with E-state index in [9.17, 15) is 4.79 Å². The molecule has 0 radical (unpaired) electrons. The number of carbonyl (C=O) groups excluding carboxylic acids is 1. The highest BCUT2D eigenvalue weighted by Gasteiger charge is 2.38. The van der Waals surface area contributed by atoms with Crippen molar-refractivity contribution in [3.63, 3.8) is 0 Å². The molecule has 0 spiro atoms. The van der Waals surface area contributed by atoms with Gasteiger partial charge in [0.15, 0.2) is 0 Å². The SMILES string of the molecule is O=C(OCC1c2ccccc2-c2ccccc21)N1CCC(CS)(n2cncn2)CC1. The minimum atomic E-state index is -0.247. The van der Waals surface area contributed by atoms with Gasteiger partial charge < -0.3 is 9.64 Å². The van der Waals surface area contributed by atoms with E-state index in [1.165, 1.54) is 22.3 Å². The van der Waals surface area contributed by atoms with E-state index >= 15 is 0 Å². The van der Waals surface area contributed by atoms with Crippen LogP contribution in [0.1, 0.15) is 29.9 Å². The largest absolute Gasteiger partial charge is 0.448 e. The van der Waals surface area contributed by atoms with Gasteiger partial charge in [0.05, 0.1) is 5.54 Å². The standard InChI is InChI=1S/C23H24N4O2S/c28-22(26-11-9-23(14-30,10-12-26)27-16-24-15-25-27)29-13-21-19-7-3-1-5-17(19)18-6-2-4-8-20(18)21/h1-8,15-16,21,30H,9-14H2. The highest BCUT2D eigenvalue weighted by molar-refractivity contribution is 7.80. The molecule has 1 aliphatic carbocycles. The summed E-state index contributed by atoms with van der Waals surface area (Å²) >= 11 is 4.55. The normalized spacial score (nSPS) is 17.4. The number of thiol groups is 1. The summed E-state index contributed by atoms with van der Waals surface area (Å²) in [5.74, 6) is 0.743. The molecule has 0 N–H and O–H groups in total. The van der Waals surface area contributed by atoms with Gasteiger partial charge in [-0.1, -0.05) is 48.5 Å². The summed E-state index contributed by atoms with van der Waals surface area (Å²) in [7, 11) is 0. The molecule has 2 heterocycles. The molecule has 2 aromatic carbocycles. The average Bonchev–Trinajstić information content (AvgIpc) is 3.45. The van der Waals surface area contributed by atoms with E-state index in [0.29, 0.717) is 25.4 Å². The fourth-order valence-corrected chi connectivity index (χ4v) is 5.16. The number of carbonyl (C=O) groups is 1. The van der Waals surface area contributed by atoms with Crippen molar-refractivity contribution in [1.82, 2.24) is 19.7 Å². The molecule has 7 heteroatoms. The van der Waals surface area contributed by atoms with Crippen LogP contribution < -0.4 is 0 Å². The van der Waals surface area contributed by atoms with Crippen LogP contribution >= 0.6 is 12.6 Å². The Bertz CT molecular complexity index is 999. The third-order valence-corrected chi connectivity index (χ3v) is 7.08. The second kappa shape index (κ2) is 7.80. The lowest BCUT2D eigenvalue weighted by Crippen LogP contribution is -2.49. The smallest absolute Gasteiger partial charge is 0.409 e. The molecule has 2 aliphatic rings. The number of benzene rings is 2. The predicted octanol–water partition coefficient (Wildman–Crippen LogP) is 3.95. The lowest BCUT2D eigenvalue weighted by Gasteiger charge is -2.40. The molecule has 1 aromatic heterocycles. The Morgan fingerprint density at radius 1 is 1.07 bits per heavy atom. The van der Waals surface area contributed by atoms with E-state index in [1.807, 2.05) is 16.8 Å². The van der Waals surface area contributed by atoms with Crippen LogP contribution in [0.25, 0.3) is 11.1 Å². The Morgan fingerprint density at radius 2 is 1.70 bits per heavy atom. The Hall–Kier alpha value is -2.80. The number of piperidine rings is 1. The number of hydrogen-bond donors (Lipinski definition) is 1. The van der Waals surface area contributed by atoms with E-state index in [0.717, 1.165) is 12.8 Å². The maximum atomic E-state index is 12.8. The third kappa shape index (κ3) is 3.17. The van der Waals surface area contributed by atoms with Crippen molar-refractivity contribution >= 4 is 18.7 Å². The van der Waals surface area contributed by atoms with Crippen molar-refractivity contribution in [2.24, 2.45) is 0 Å². The van der Waals surface area contributed by atoms with Crippen LogP contribution in [-0.4, -0.2) is 51.2 Å². The van der Waals surface area contributed by atoms with Gasteiger partial charge in [-0.2, -0.15) is 17.7 Å². The van der Waals surface area contributed by atoms with Crippen LogP contribution in [0, 0.1) is 0 Å². The van der Waals surface area contributed by atoms with Crippen molar-refractivity contribution in [2.45, 2.75) is 24.3 Å². The zero-order chi connectivity index (χ0) is 20.6. The van der Waals surface area contributed by atoms with Gasteiger partial charge in [-0.15, -0.1) is 0 Å². The van der Waals surface area contributed by atoms with E-state index < -0.39 is 0 Å². The number of likely N-dealkylation sites (tertiary alicyclic amines) is 1. The van der Waals surface area contributed by atoms with Gasteiger partial charge in [-0.3, -0.25) is 0 Å². The van der Waals surface area contributed by atoms with Crippen LogP contribution in [0.2, 0.25) is 0 Å². The van der Waals surface area contributed by atoms with Gasteiger partial charge >= 0.3 is 6.09 Å². The molecule has 5 rings (SSSR count). The van der Waals surface area contributed by atoms with Crippen LogP contribution in [0.4, 0.5) is 4.79 Å². The van der Waals surface area contributed by atoms with Crippen LogP contribution in [0.3, 0.4) is 0 Å². The molecule has 0 saturated carbocycles. The highest BCUT2D eigenvalue weighted by atomic mass is 32.1. The Kier molecular flexibility index (Phi) is 4.98. The third-order valence-electron chi connectivity index (χ3n) is 6.49. The molecule has 1 aliphatic heterocycles. The number of nitrogens with zero attached hydrogens (tertiary/aromatic N) is 4. The second-order valence-corrected chi connectivity index (χ2v) is 8.33. The first kappa shape index (κ1) is 19.2. The Balaban J connectivity index is 1.25. The molecule has 6 nitrogen and oxygen atoms in total. The lowest BCUT2D eigenvalue weighted by molar-refractivity contribution is 0.0694. The molecule has 0 atom stereocenters. The summed E-state index contributed by atoms with van der Waals surface area (Å²) in [5.41, 5.74) is 4.73. The van der Waals surface area contributed by atoms with Gasteiger partial charge in [0.2, 0.25) is 0 Å². The number of rotatable bonds is 4. The molecular formula is C23H24N4O2S. The van der Waals surface area contributed by atoms with Gasteiger partial charge in [0.25, 0.3) is 0 Å². The first-order chi connectivity index (χ1) is 14.7. The number of hydrogen-bond acceptors (Lipinski definition) is 5. The summed E-state index contributed by atoms with van der Waals surface area (Å²) in [6.45, 7) is 1.60. The molecule has 3 aromatic rings. The van der Waals surface area contributed by atoms with Crippen LogP contribution in [-0.2, 0) is 10.3 Å². The zero-order valence-corrected chi connectivity index (χ0v) is 17.5. The monoisotopic (exact) mass is 420 g/mol. The molecular weight excluding hydrogens is 396 g/mol. The van der Waals surface area contributed by atoms with Crippen molar-refractivity contribution in [3.8, 4) is 11.1 Å². The van der Waals surface area contributed by atoms with Gasteiger partial charge in [0, 0.05) is 24.8 Å². The molecule has 1 amide bonds. The quantitative estimate of drug-likeness (QED) is 0.650. The molecule has 154 valence electrons. The summed E-state index contributed by atoms with van der Waals surface area (Å²) in [5, 5.41) is 4.31. The van der Waals surface area contributed by atoms with E-state index in [1.54, 1.807) is 17.6 Å². The first-order valence-electron chi connectivity index (χ1n) is 10.3. The minimum absolute atomic E-state index is 0.0813. The number of aromatic nitrogens is 3. The minimum Gasteiger partial charge on any atom is -0.448 e. The molecule has 30 heavy (non-hydrogen) atoms.